The molecule has 1 aromatic heterocycles. The molecule has 0 saturated carbocycles. The zero-order valence-electron chi connectivity index (χ0n) is 29.3. The number of nitrogens with zero attached hydrogens (tertiary/aromatic N) is 3. The molecule has 11 rings (SSSR count). The van der Waals surface area contributed by atoms with Gasteiger partial charge in [0.25, 0.3) is 0 Å². The maximum absolute atomic E-state index is 5.08. The molecular weight excluding hydrogens is 663 g/mol. The Morgan fingerprint density at radius 2 is 0.868 bits per heavy atom. The highest BCUT2D eigenvalue weighted by atomic mass is 32.2. The van der Waals surface area contributed by atoms with E-state index in [9.17, 15) is 0 Å². The van der Waals surface area contributed by atoms with E-state index in [1.807, 2.05) is 48.2 Å². The minimum atomic E-state index is -0.401. The molecule has 0 amide bonds. The first kappa shape index (κ1) is 30.5. The normalized spacial score (nSPS) is 14.8. The standard InChI is InChI=1S/C49H33N3S/c1-48(2)37-26-25-32(47-51-45(30-15-5-3-6-16-30)50-46(52-47)31-17-7-4-8-18-31)27-35(37)36-28-44-42(29-41(36)48)49(40-23-13-14-24-43(40)53-44)38-21-11-9-19-33(38)34-20-10-12-22-39(34)49/h3-29H,1-2H3. The van der Waals surface area contributed by atoms with Crippen molar-refractivity contribution in [2.75, 3.05) is 0 Å². The van der Waals surface area contributed by atoms with Crippen LogP contribution in [-0.4, -0.2) is 15.0 Å². The molecule has 3 aliphatic rings. The first-order valence-corrected chi connectivity index (χ1v) is 19.0. The molecule has 2 aliphatic carbocycles. The second-order valence-corrected chi connectivity index (χ2v) is 15.8. The molecule has 1 aliphatic heterocycles. The predicted molar refractivity (Wildman–Crippen MR) is 215 cm³/mol. The van der Waals surface area contributed by atoms with Crippen molar-refractivity contribution in [3.8, 4) is 56.4 Å². The monoisotopic (exact) mass is 695 g/mol. The van der Waals surface area contributed by atoms with Gasteiger partial charge >= 0.3 is 0 Å². The molecule has 3 nitrogen and oxygen atoms in total. The van der Waals surface area contributed by atoms with Crippen LogP contribution in [0.3, 0.4) is 0 Å². The molecule has 250 valence electrons. The Kier molecular flexibility index (Phi) is 6.45. The molecule has 0 N–H and O–H groups in total. The van der Waals surface area contributed by atoms with Crippen molar-refractivity contribution in [2.24, 2.45) is 0 Å². The third-order valence-electron chi connectivity index (χ3n) is 11.6. The second-order valence-electron chi connectivity index (χ2n) is 14.8. The highest BCUT2D eigenvalue weighted by molar-refractivity contribution is 7.99. The molecule has 53 heavy (non-hydrogen) atoms. The van der Waals surface area contributed by atoms with Crippen molar-refractivity contribution in [1.82, 2.24) is 15.0 Å². The topological polar surface area (TPSA) is 38.7 Å². The quantitative estimate of drug-likeness (QED) is 0.184. The van der Waals surface area contributed by atoms with E-state index in [2.05, 4.69) is 141 Å². The van der Waals surface area contributed by atoms with Gasteiger partial charge in [0.1, 0.15) is 0 Å². The van der Waals surface area contributed by atoms with Gasteiger partial charge in [-0.2, -0.15) is 0 Å². The van der Waals surface area contributed by atoms with Crippen LogP contribution in [0.2, 0.25) is 0 Å². The van der Waals surface area contributed by atoms with Gasteiger partial charge in [-0.15, -0.1) is 0 Å². The van der Waals surface area contributed by atoms with Gasteiger partial charge in [-0.25, -0.2) is 15.0 Å². The highest BCUT2D eigenvalue weighted by Gasteiger charge is 2.51. The smallest absolute Gasteiger partial charge is 0.164 e. The lowest BCUT2D eigenvalue weighted by molar-refractivity contribution is 0.651. The summed E-state index contributed by atoms with van der Waals surface area (Å²) in [6, 6.07) is 59.3. The van der Waals surface area contributed by atoms with Crippen LogP contribution in [0.1, 0.15) is 47.2 Å². The van der Waals surface area contributed by atoms with Gasteiger partial charge in [0.15, 0.2) is 17.5 Å². The summed E-state index contributed by atoms with van der Waals surface area (Å²) in [5, 5.41) is 0. The Bertz CT molecular complexity index is 2680. The largest absolute Gasteiger partial charge is 0.208 e. The summed E-state index contributed by atoms with van der Waals surface area (Å²) in [6.45, 7) is 4.75. The van der Waals surface area contributed by atoms with Gasteiger partial charge in [0.2, 0.25) is 0 Å². The number of hydrogen-bond acceptors (Lipinski definition) is 4. The van der Waals surface area contributed by atoms with Gasteiger partial charge < -0.3 is 0 Å². The molecule has 1 spiro atoms. The number of hydrogen-bond donors (Lipinski definition) is 0. The summed E-state index contributed by atoms with van der Waals surface area (Å²) in [6.07, 6.45) is 0. The summed E-state index contributed by atoms with van der Waals surface area (Å²) in [5.74, 6) is 2.01. The molecule has 0 saturated heterocycles. The third-order valence-corrected chi connectivity index (χ3v) is 12.7. The van der Waals surface area contributed by atoms with E-state index in [1.54, 1.807) is 0 Å². The lowest BCUT2D eigenvalue weighted by atomic mass is 9.66. The van der Waals surface area contributed by atoms with E-state index in [1.165, 1.54) is 65.4 Å². The molecule has 8 aromatic rings. The molecule has 0 bridgehead atoms. The predicted octanol–water partition coefficient (Wildman–Crippen LogP) is 12.0. The van der Waals surface area contributed by atoms with E-state index in [0.717, 1.165) is 16.7 Å². The van der Waals surface area contributed by atoms with Crippen LogP contribution >= 0.6 is 11.8 Å². The van der Waals surface area contributed by atoms with Crippen LogP contribution in [0, 0.1) is 0 Å². The third kappa shape index (κ3) is 4.27. The first-order chi connectivity index (χ1) is 26.0. The molecule has 0 atom stereocenters. The molecule has 4 heteroatoms. The fourth-order valence-electron chi connectivity index (χ4n) is 9.18. The number of benzene rings is 7. The number of rotatable bonds is 3. The SMILES string of the molecule is CC1(C)c2ccc(-c3nc(-c4ccccc4)nc(-c4ccccc4)n3)cc2-c2cc3c(cc21)C1(c2ccccc2S3)c2ccccc2-c2ccccc21. The fraction of sp³-hybridized carbons (Fsp3) is 0.0816. The summed E-state index contributed by atoms with van der Waals surface area (Å²) in [5.41, 5.74) is 15.6. The second kappa shape index (κ2) is 11.2. The molecule has 7 aromatic carbocycles. The Morgan fingerprint density at radius 3 is 1.49 bits per heavy atom. The van der Waals surface area contributed by atoms with Crippen LogP contribution in [0.4, 0.5) is 0 Å². The Balaban J connectivity index is 1.13. The Morgan fingerprint density at radius 1 is 0.358 bits per heavy atom. The van der Waals surface area contributed by atoms with Gasteiger partial charge in [-0.3, -0.25) is 0 Å². The fourth-order valence-corrected chi connectivity index (χ4v) is 10.4. The van der Waals surface area contributed by atoms with E-state index in [4.69, 9.17) is 15.0 Å². The van der Waals surface area contributed by atoms with Crippen LogP contribution in [-0.2, 0) is 10.8 Å². The van der Waals surface area contributed by atoms with Crippen molar-refractivity contribution in [3.05, 3.63) is 197 Å². The zero-order valence-corrected chi connectivity index (χ0v) is 30.2. The highest BCUT2D eigenvalue weighted by Crippen LogP contribution is 2.64. The van der Waals surface area contributed by atoms with Crippen molar-refractivity contribution in [3.63, 3.8) is 0 Å². The first-order valence-electron chi connectivity index (χ1n) is 18.2. The maximum Gasteiger partial charge on any atom is 0.164 e. The van der Waals surface area contributed by atoms with Gasteiger partial charge in [0, 0.05) is 31.9 Å². The van der Waals surface area contributed by atoms with Gasteiger partial charge in [-0.05, 0) is 73.8 Å². The van der Waals surface area contributed by atoms with Crippen LogP contribution in [0.25, 0.3) is 56.4 Å². The lowest BCUT2D eigenvalue weighted by Crippen LogP contribution is -2.32. The molecule has 0 fully saturated rings. The van der Waals surface area contributed by atoms with E-state index >= 15 is 0 Å². The van der Waals surface area contributed by atoms with Crippen molar-refractivity contribution < 1.29 is 0 Å². The molecular formula is C49H33N3S. The molecule has 0 unspecified atom stereocenters. The zero-order chi connectivity index (χ0) is 35.3. The Labute approximate surface area is 313 Å². The molecule has 2 heterocycles. The summed E-state index contributed by atoms with van der Waals surface area (Å²) < 4.78 is 0. The van der Waals surface area contributed by atoms with Gasteiger partial charge in [0.05, 0.1) is 5.41 Å². The maximum atomic E-state index is 5.08. The average molecular weight is 696 g/mol. The summed E-state index contributed by atoms with van der Waals surface area (Å²) in [4.78, 5) is 17.7. The van der Waals surface area contributed by atoms with Crippen molar-refractivity contribution in [2.45, 2.75) is 34.5 Å². The van der Waals surface area contributed by atoms with Crippen LogP contribution in [0.5, 0.6) is 0 Å². The summed E-state index contributed by atoms with van der Waals surface area (Å²) >= 11 is 1.90. The minimum absolute atomic E-state index is 0.206. The van der Waals surface area contributed by atoms with E-state index in [-0.39, 0.29) is 5.41 Å². The van der Waals surface area contributed by atoms with Crippen molar-refractivity contribution >= 4 is 11.8 Å². The lowest BCUT2D eigenvalue weighted by Gasteiger charge is -2.40. The number of fused-ring (bicyclic) bond motifs is 12. The van der Waals surface area contributed by atoms with Crippen LogP contribution < -0.4 is 0 Å². The summed E-state index contributed by atoms with van der Waals surface area (Å²) in [7, 11) is 0. The van der Waals surface area contributed by atoms with Gasteiger partial charge in [-0.1, -0.05) is 171 Å². The van der Waals surface area contributed by atoms with Crippen molar-refractivity contribution in [1.29, 1.82) is 0 Å². The number of aromatic nitrogens is 3. The average Bonchev–Trinajstić information content (AvgIpc) is 3.63. The van der Waals surface area contributed by atoms with E-state index < -0.39 is 5.41 Å². The minimum Gasteiger partial charge on any atom is -0.208 e. The van der Waals surface area contributed by atoms with Crippen LogP contribution in [0.15, 0.2) is 174 Å². The Hall–Kier alpha value is -6.10. The van der Waals surface area contributed by atoms with E-state index in [0.29, 0.717) is 17.5 Å². The molecule has 0 radical (unpaired) electrons.